The first kappa shape index (κ1) is 15.0. The molecule has 3 aliphatic rings. The van der Waals surface area contributed by atoms with Crippen LogP contribution in [-0.4, -0.2) is 54.5 Å². The lowest BCUT2D eigenvalue weighted by Gasteiger charge is -2.31. The van der Waals surface area contributed by atoms with Crippen LogP contribution in [0.15, 0.2) is 11.8 Å². The van der Waals surface area contributed by atoms with E-state index in [0.29, 0.717) is 24.5 Å². The van der Waals surface area contributed by atoms with Crippen molar-refractivity contribution < 1.29 is 4.79 Å². The molecule has 1 atom stereocenters. The second-order valence-corrected chi connectivity index (χ2v) is 6.76. The fraction of sp³-hybridized carbons (Fsp3) is 0.824. The molecule has 21 heavy (non-hydrogen) atoms. The Morgan fingerprint density at radius 2 is 2.19 bits per heavy atom. The molecular formula is C17H29N3O. The number of nitrogens with zero attached hydrogens (tertiary/aromatic N) is 2. The molecule has 0 aromatic heterocycles. The van der Waals surface area contributed by atoms with E-state index in [0.717, 1.165) is 25.9 Å². The van der Waals surface area contributed by atoms with E-state index in [4.69, 9.17) is 0 Å². The van der Waals surface area contributed by atoms with Gasteiger partial charge in [-0.3, -0.25) is 9.69 Å². The second-order valence-electron chi connectivity index (χ2n) is 6.76. The topological polar surface area (TPSA) is 35.6 Å². The summed E-state index contributed by atoms with van der Waals surface area (Å²) in [5.41, 5.74) is 1.32. The van der Waals surface area contributed by atoms with Crippen LogP contribution in [0, 0.1) is 0 Å². The van der Waals surface area contributed by atoms with Gasteiger partial charge in [-0.1, -0.05) is 6.08 Å². The molecule has 1 aliphatic heterocycles. The summed E-state index contributed by atoms with van der Waals surface area (Å²) in [6, 6.07) is 1.05. The number of likely N-dealkylation sites (tertiary alicyclic amines) is 1. The summed E-state index contributed by atoms with van der Waals surface area (Å²) in [6.45, 7) is 2.69. The molecule has 0 bridgehead atoms. The van der Waals surface area contributed by atoms with Gasteiger partial charge in [-0.25, -0.2) is 0 Å². The first-order valence-corrected chi connectivity index (χ1v) is 8.69. The lowest BCUT2D eigenvalue weighted by molar-refractivity contribution is -0.131. The van der Waals surface area contributed by atoms with E-state index in [1.807, 2.05) is 7.05 Å². The highest BCUT2D eigenvalue weighted by Crippen LogP contribution is 2.34. The Labute approximate surface area is 128 Å². The van der Waals surface area contributed by atoms with Crippen LogP contribution >= 0.6 is 0 Å². The number of amides is 1. The lowest BCUT2D eigenvalue weighted by Crippen LogP contribution is -2.45. The number of likely N-dealkylation sites (N-methyl/N-ethyl adjacent to an activating group) is 1. The zero-order chi connectivity index (χ0) is 14.7. The number of allylic oxidation sites excluding steroid dienone is 2. The van der Waals surface area contributed by atoms with Crippen LogP contribution in [0.5, 0.6) is 0 Å². The monoisotopic (exact) mass is 291 g/mol. The Balaban J connectivity index is 1.63. The van der Waals surface area contributed by atoms with Crippen LogP contribution < -0.4 is 5.32 Å². The number of rotatable bonds is 6. The normalized spacial score (nSPS) is 26.7. The molecule has 1 heterocycles. The van der Waals surface area contributed by atoms with Gasteiger partial charge in [0.25, 0.3) is 0 Å². The van der Waals surface area contributed by atoms with Crippen molar-refractivity contribution in [3.63, 3.8) is 0 Å². The van der Waals surface area contributed by atoms with Crippen molar-refractivity contribution in [1.82, 2.24) is 15.1 Å². The van der Waals surface area contributed by atoms with Crippen molar-refractivity contribution in [1.29, 1.82) is 0 Å². The minimum atomic E-state index is 0.341. The van der Waals surface area contributed by atoms with E-state index in [1.165, 1.54) is 44.2 Å². The summed E-state index contributed by atoms with van der Waals surface area (Å²) in [4.78, 5) is 17.4. The van der Waals surface area contributed by atoms with E-state index >= 15 is 0 Å². The Bertz CT molecular complexity index is 403. The minimum Gasteiger partial charge on any atom is -0.318 e. The van der Waals surface area contributed by atoms with E-state index in [1.54, 1.807) is 0 Å². The van der Waals surface area contributed by atoms with Crippen LogP contribution in [0.3, 0.4) is 0 Å². The van der Waals surface area contributed by atoms with Crippen LogP contribution in [0.4, 0.5) is 0 Å². The number of carbonyl (C=O) groups is 1. The van der Waals surface area contributed by atoms with Gasteiger partial charge < -0.3 is 10.2 Å². The lowest BCUT2D eigenvalue weighted by atomic mass is 10.0. The number of hydrogen-bond acceptors (Lipinski definition) is 3. The highest BCUT2D eigenvalue weighted by molar-refractivity contribution is 5.81. The smallest absolute Gasteiger partial charge is 0.241 e. The molecule has 3 rings (SSSR count). The maximum absolute atomic E-state index is 12.9. The molecule has 118 valence electrons. The van der Waals surface area contributed by atoms with E-state index in [9.17, 15) is 4.79 Å². The molecule has 1 saturated carbocycles. The molecule has 0 aromatic rings. The maximum atomic E-state index is 12.9. The van der Waals surface area contributed by atoms with Crippen molar-refractivity contribution in [2.45, 2.75) is 63.5 Å². The Morgan fingerprint density at radius 1 is 1.33 bits per heavy atom. The zero-order valence-electron chi connectivity index (χ0n) is 13.3. The Hall–Kier alpha value is -0.870. The van der Waals surface area contributed by atoms with Crippen molar-refractivity contribution in [3.05, 3.63) is 11.8 Å². The van der Waals surface area contributed by atoms with Crippen molar-refractivity contribution in [2.24, 2.45) is 0 Å². The van der Waals surface area contributed by atoms with Gasteiger partial charge in [0.05, 0.1) is 6.54 Å². The maximum Gasteiger partial charge on any atom is 0.241 e. The number of hydrogen-bond donors (Lipinski definition) is 1. The highest BCUT2D eigenvalue weighted by Gasteiger charge is 2.36. The van der Waals surface area contributed by atoms with Gasteiger partial charge in [0.2, 0.25) is 5.91 Å². The van der Waals surface area contributed by atoms with Crippen LogP contribution in [-0.2, 0) is 4.79 Å². The summed E-state index contributed by atoms with van der Waals surface area (Å²) in [6.07, 6.45) is 11.9. The van der Waals surface area contributed by atoms with Gasteiger partial charge in [0.1, 0.15) is 0 Å². The predicted molar refractivity (Wildman–Crippen MR) is 84.9 cm³/mol. The molecule has 2 fully saturated rings. The van der Waals surface area contributed by atoms with Gasteiger partial charge >= 0.3 is 0 Å². The molecule has 1 amide bonds. The summed E-state index contributed by atoms with van der Waals surface area (Å²) in [5, 5.41) is 3.26. The third-order valence-corrected chi connectivity index (χ3v) is 5.03. The van der Waals surface area contributed by atoms with Gasteiger partial charge in [0, 0.05) is 24.3 Å². The Kier molecular flexibility index (Phi) is 4.96. The summed E-state index contributed by atoms with van der Waals surface area (Å²) >= 11 is 0. The van der Waals surface area contributed by atoms with Crippen LogP contribution in [0.25, 0.3) is 0 Å². The van der Waals surface area contributed by atoms with Gasteiger partial charge in [-0.05, 0) is 65.0 Å². The molecule has 0 aromatic carbocycles. The number of carbonyl (C=O) groups excluding carboxylic acids is 1. The fourth-order valence-electron chi connectivity index (χ4n) is 3.79. The summed E-state index contributed by atoms with van der Waals surface area (Å²) < 4.78 is 0. The van der Waals surface area contributed by atoms with Crippen LogP contribution in [0.2, 0.25) is 0 Å². The minimum absolute atomic E-state index is 0.341. The first-order chi connectivity index (χ1) is 10.3. The first-order valence-electron chi connectivity index (χ1n) is 8.69. The molecule has 1 N–H and O–H groups in total. The second kappa shape index (κ2) is 6.93. The molecule has 4 heteroatoms. The van der Waals surface area contributed by atoms with Crippen molar-refractivity contribution >= 4 is 5.91 Å². The van der Waals surface area contributed by atoms with E-state index in [-0.39, 0.29) is 0 Å². The highest BCUT2D eigenvalue weighted by atomic mass is 16.2. The number of nitrogens with one attached hydrogen (secondary N) is 1. The van der Waals surface area contributed by atoms with Crippen molar-refractivity contribution in [3.8, 4) is 0 Å². The quantitative estimate of drug-likeness (QED) is 0.814. The third kappa shape index (κ3) is 3.67. The molecule has 1 unspecified atom stereocenters. The van der Waals surface area contributed by atoms with Crippen LogP contribution in [0.1, 0.15) is 51.4 Å². The average Bonchev–Trinajstić information content (AvgIpc) is 3.23. The SMILES string of the molecule is CNCC1CCCN1CC(=O)N(C1=CCCCC1)C1CC1. The predicted octanol–water partition coefficient (Wildman–Crippen LogP) is 2.12. The largest absolute Gasteiger partial charge is 0.318 e. The van der Waals surface area contributed by atoms with E-state index < -0.39 is 0 Å². The summed E-state index contributed by atoms with van der Waals surface area (Å²) in [7, 11) is 2.00. The standard InChI is InChI=1S/C17H29N3O/c1-18-12-16-8-5-11-19(16)13-17(21)20(15-9-10-15)14-6-3-2-4-7-14/h6,15-16,18H,2-5,7-13H2,1H3. The molecular weight excluding hydrogens is 262 g/mol. The van der Waals surface area contributed by atoms with Gasteiger partial charge in [-0.2, -0.15) is 0 Å². The summed E-state index contributed by atoms with van der Waals surface area (Å²) in [5.74, 6) is 0.341. The van der Waals surface area contributed by atoms with Crippen molar-refractivity contribution in [2.75, 3.05) is 26.7 Å². The van der Waals surface area contributed by atoms with Gasteiger partial charge in [0.15, 0.2) is 0 Å². The molecule has 4 nitrogen and oxygen atoms in total. The third-order valence-electron chi connectivity index (χ3n) is 5.03. The average molecular weight is 291 g/mol. The fourth-order valence-corrected chi connectivity index (χ4v) is 3.79. The molecule has 0 spiro atoms. The molecule has 0 radical (unpaired) electrons. The van der Waals surface area contributed by atoms with E-state index in [2.05, 4.69) is 21.2 Å². The Morgan fingerprint density at radius 3 is 2.86 bits per heavy atom. The zero-order valence-corrected chi connectivity index (χ0v) is 13.3. The van der Waals surface area contributed by atoms with Gasteiger partial charge in [-0.15, -0.1) is 0 Å². The molecule has 1 saturated heterocycles. The molecule has 2 aliphatic carbocycles.